The van der Waals surface area contributed by atoms with Crippen LogP contribution in [0.3, 0.4) is 0 Å². The fraction of sp³-hybridized carbons (Fsp3) is 0.533. The van der Waals surface area contributed by atoms with Gasteiger partial charge in [0.2, 0.25) is 5.91 Å². The summed E-state index contributed by atoms with van der Waals surface area (Å²) in [5, 5.41) is 2.78. The molecule has 1 amide bonds. The third kappa shape index (κ3) is 6.26. The lowest BCUT2D eigenvalue weighted by Gasteiger charge is -2.25. The van der Waals surface area contributed by atoms with Crippen LogP contribution in [0.5, 0.6) is 5.75 Å². The summed E-state index contributed by atoms with van der Waals surface area (Å²) in [6, 6.07) is 7.30. The fourth-order valence-electron chi connectivity index (χ4n) is 1.48. The summed E-state index contributed by atoms with van der Waals surface area (Å²) < 4.78 is 5.52. The molecule has 1 atom stereocenters. The molecule has 1 aromatic carbocycles. The highest BCUT2D eigenvalue weighted by atomic mass is 35.5. The smallest absolute Gasteiger partial charge is 0.237 e. The van der Waals surface area contributed by atoms with Crippen molar-refractivity contribution in [2.24, 2.45) is 11.1 Å². The average molecular weight is 301 g/mol. The van der Waals surface area contributed by atoms with Crippen molar-refractivity contribution in [3.8, 4) is 5.75 Å². The largest absolute Gasteiger partial charge is 0.492 e. The van der Waals surface area contributed by atoms with E-state index in [4.69, 9.17) is 10.5 Å². The summed E-state index contributed by atoms with van der Waals surface area (Å²) in [6.45, 7) is 8.75. The summed E-state index contributed by atoms with van der Waals surface area (Å²) in [4.78, 5) is 11.8. The molecule has 4 nitrogen and oxygen atoms in total. The normalized spacial score (nSPS) is 12.2. The maximum Gasteiger partial charge on any atom is 0.237 e. The first-order valence-electron chi connectivity index (χ1n) is 6.53. The maximum absolute atomic E-state index is 11.8. The van der Waals surface area contributed by atoms with Crippen molar-refractivity contribution < 1.29 is 9.53 Å². The van der Waals surface area contributed by atoms with Gasteiger partial charge < -0.3 is 15.8 Å². The third-order valence-corrected chi connectivity index (χ3v) is 2.91. The average Bonchev–Trinajstić information content (AvgIpc) is 2.34. The zero-order chi connectivity index (χ0) is 14.5. The first kappa shape index (κ1) is 18.7. The van der Waals surface area contributed by atoms with Crippen LogP contribution in [-0.4, -0.2) is 25.1 Å². The van der Waals surface area contributed by atoms with Crippen LogP contribution in [0.15, 0.2) is 24.3 Å². The Morgan fingerprint density at radius 2 is 1.85 bits per heavy atom. The van der Waals surface area contributed by atoms with E-state index in [0.717, 1.165) is 5.75 Å². The van der Waals surface area contributed by atoms with Gasteiger partial charge >= 0.3 is 0 Å². The molecule has 0 aliphatic rings. The van der Waals surface area contributed by atoms with Crippen LogP contribution < -0.4 is 15.8 Å². The van der Waals surface area contributed by atoms with Gasteiger partial charge in [-0.3, -0.25) is 4.79 Å². The van der Waals surface area contributed by atoms with Gasteiger partial charge in [0.05, 0.1) is 12.6 Å². The monoisotopic (exact) mass is 300 g/mol. The van der Waals surface area contributed by atoms with E-state index in [-0.39, 0.29) is 23.7 Å². The fourth-order valence-corrected chi connectivity index (χ4v) is 1.48. The first-order valence-corrected chi connectivity index (χ1v) is 6.53. The van der Waals surface area contributed by atoms with E-state index in [1.807, 2.05) is 52.0 Å². The van der Waals surface area contributed by atoms with Gasteiger partial charge in [-0.1, -0.05) is 38.5 Å². The van der Waals surface area contributed by atoms with Crippen molar-refractivity contribution in [2.45, 2.75) is 33.7 Å². The van der Waals surface area contributed by atoms with Crippen molar-refractivity contribution in [3.05, 3.63) is 29.8 Å². The Morgan fingerprint density at radius 1 is 1.30 bits per heavy atom. The summed E-state index contributed by atoms with van der Waals surface area (Å²) >= 11 is 0. The molecule has 0 spiro atoms. The number of amides is 1. The lowest BCUT2D eigenvalue weighted by molar-refractivity contribution is -0.124. The van der Waals surface area contributed by atoms with Gasteiger partial charge in [-0.15, -0.1) is 12.4 Å². The molecule has 0 aromatic heterocycles. The highest BCUT2D eigenvalue weighted by Gasteiger charge is 2.26. The molecule has 0 fully saturated rings. The van der Waals surface area contributed by atoms with Gasteiger partial charge in [0.1, 0.15) is 12.4 Å². The Balaban J connectivity index is 0.00000361. The number of nitrogens with one attached hydrogen (secondary N) is 1. The molecule has 3 N–H and O–H groups in total. The molecule has 114 valence electrons. The van der Waals surface area contributed by atoms with Crippen LogP contribution in [0.1, 0.15) is 26.3 Å². The zero-order valence-electron chi connectivity index (χ0n) is 12.6. The van der Waals surface area contributed by atoms with E-state index in [1.54, 1.807) is 0 Å². The number of rotatable bonds is 5. The molecule has 0 bridgehead atoms. The Labute approximate surface area is 127 Å². The summed E-state index contributed by atoms with van der Waals surface area (Å²) in [7, 11) is 0. The summed E-state index contributed by atoms with van der Waals surface area (Å²) in [5.74, 6) is 0.667. The van der Waals surface area contributed by atoms with Gasteiger partial charge in [-0.2, -0.15) is 0 Å². The van der Waals surface area contributed by atoms with Gasteiger partial charge in [0.25, 0.3) is 0 Å². The summed E-state index contributed by atoms with van der Waals surface area (Å²) in [5.41, 5.74) is 6.81. The van der Waals surface area contributed by atoms with Crippen molar-refractivity contribution in [1.29, 1.82) is 0 Å². The second-order valence-corrected chi connectivity index (χ2v) is 5.80. The molecular formula is C15H25ClN2O2. The zero-order valence-corrected chi connectivity index (χ0v) is 13.4. The Morgan fingerprint density at radius 3 is 2.35 bits per heavy atom. The minimum absolute atomic E-state index is 0. The number of benzene rings is 1. The number of ether oxygens (including phenoxy) is 1. The van der Waals surface area contributed by atoms with E-state index >= 15 is 0 Å². The van der Waals surface area contributed by atoms with Gasteiger partial charge in [-0.25, -0.2) is 0 Å². The van der Waals surface area contributed by atoms with Crippen LogP contribution in [-0.2, 0) is 4.79 Å². The molecule has 5 heteroatoms. The van der Waals surface area contributed by atoms with Crippen LogP contribution in [0.25, 0.3) is 0 Å². The number of carbonyl (C=O) groups is 1. The molecule has 1 rings (SSSR count). The van der Waals surface area contributed by atoms with E-state index in [9.17, 15) is 4.79 Å². The Hall–Kier alpha value is -1.26. The highest BCUT2D eigenvalue weighted by molar-refractivity contribution is 5.85. The van der Waals surface area contributed by atoms with E-state index in [0.29, 0.717) is 13.2 Å². The van der Waals surface area contributed by atoms with Crippen LogP contribution >= 0.6 is 12.4 Å². The molecule has 1 aromatic rings. The molecule has 0 unspecified atom stereocenters. The van der Waals surface area contributed by atoms with Crippen molar-refractivity contribution in [3.63, 3.8) is 0 Å². The molecule has 0 saturated heterocycles. The van der Waals surface area contributed by atoms with E-state index in [2.05, 4.69) is 5.32 Å². The predicted octanol–water partition coefficient (Wildman–Crippen LogP) is 2.29. The molecule has 0 aliphatic heterocycles. The first-order chi connectivity index (χ1) is 8.80. The third-order valence-electron chi connectivity index (χ3n) is 2.91. The number of hydrogen-bond acceptors (Lipinski definition) is 3. The number of halogens is 1. The minimum Gasteiger partial charge on any atom is -0.492 e. The molecule has 0 heterocycles. The quantitative estimate of drug-likeness (QED) is 0.820. The molecule has 0 saturated carbocycles. The van der Waals surface area contributed by atoms with Gasteiger partial charge in [0.15, 0.2) is 0 Å². The minimum atomic E-state index is -0.508. The highest BCUT2D eigenvalue weighted by Crippen LogP contribution is 2.17. The molecule has 0 radical (unpaired) electrons. The second kappa shape index (κ2) is 8.12. The van der Waals surface area contributed by atoms with Crippen LogP contribution in [0.2, 0.25) is 0 Å². The summed E-state index contributed by atoms with van der Waals surface area (Å²) in [6.07, 6.45) is 0. The molecule has 20 heavy (non-hydrogen) atoms. The van der Waals surface area contributed by atoms with Gasteiger partial charge in [0, 0.05) is 0 Å². The second-order valence-electron chi connectivity index (χ2n) is 5.80. The Kier molecular flexibility index (Phi) is 7.61. The number of carbonyl (C=O) groups excluding carboxylic acids is 1. The van der Waals surface area contributed by atoms with Crippen molar-refractivity contribution >= 4 is 18.3 Å². The topological polar surface area (TPSA) is 64.3 Å². The number of hydrogen-bond donors (Lipinski definition) is 2. The molecule has 0 aliphatic carbocycles. The standard InChI is InChI=1S/C15H24N2O2.ClH/c1-11-5-7-12(8-6-11)19-10-9-17-14(18)13(16)15(2,3)4;/h5-8,13H,9-10,16H2,1-4H3,(H,17,18);1H/t13-;/m1./s1. The van der Waals surface area contributed by atoms with E-state index in [1.165, 1.54) is 5.56 Å². The van der Waals surface area contributed by atoms with Crippen molar-refractivity contribution in [1.82, 2.24) is 5.32 Å². The predicted molar refractivity (Wildman–Crippen MR) is 84.4 cm³/mol. The lowest BCUT2D eigenvalue weighted by atomic mass is 9.87. The maximum atomic E-state index is 11.8. The van der Waals surface area contributed by atoms with Crippen LogP contribution in [0.4, 0.5) is 0 Å². The Bertz CT molecular complexity index is 413. The number of aryl methyl sites for hydroxylation is 1. The van der Waals surface area contributed by atoms with Crippen LogP contribution in [0, 0.1) is 12.3 Å². The van der Waals surface area contributed by atoms with E-state index < -0.39 is 6.04 Å². The SMILES string of the molecule is Cc1ccc(OCCNC(=O)[C@@H](N)C(C)(C)C)cc1.Cl. The van der Waals surface area contributed by atoms with Crippen molar-refractivity contribution in [2.75, 3.05) is 13.2 Å². The number of nitrogens with two attached hydrogens (primary N) is 1. The molecular weight excluding hydrogens is 276 g/mol. The van der Waals surface area contributed by atoms with Gasteiger partial charge in [-0.05, 0) is 24.5 Å². The lowest BCUT2D eigenvalue weighted by Crippen LogP contribution is -2.49.